The maximum atomic E-state index is 11.9. The van der Waals surface area contributed by atoms with Crippen molar-refractivity contribution in [1.82, 2.24) is 4.98 Å². The third-order valence-corrected chi connectivity index (χ3v) is 2.95. The van der Waals surface area contributed by atoms with Gasteiger partial charge in [-0.25, -0.2) is 4.79 Å². The SMILES string of the molecule is COCc1[nH]c2ccc(O)c(C)c2c1C(=O)OC. The molecule has 0 saturated carbocycles. The quantitative estimate of drug-likeness (QED) is 0.817. The highest BCUT2D eigenvalue weighted by atomic mass is 16.5. The minimum Gasteiger partial charge on any atom is -0.508 e. The van der Waals surface area contributed by atoms with Crippen molar-refractivity contribution in [3.05, 3.63) is 29.0 Å². The van der Waals surface area contributed by atoms with Crippen molar-refractivity contribution in [2.24, 2.45) is 0 Å². The molecular formula is C13H15NO4. The van der Waals surface area contributed by atoms with E-state index in [1.54, 1.807) is 26.2 Å². The zero-order valence-electron chi connectivity index (χ0n) is 10.5. The van der Waals surface area contributed by atoms with E-state index in [0.29, 0.717) is 22.2 Å². The summed E-state index contributed by atoms with van der Waals surface area (Å²) in [5, 5.41) is 10.4. The maximum absolute atomic E-state index is 11.9. The van der Waals surface area contributed by atoms with Crippen LogP contribution in [-0.4, -0.2) is 30.3 Å². The number of aromatic nitrogens is 1. The number of aryl methyl sites for hydroxylation is 1. The molecule has 0 fully saturated rings. The zero-order chi connectivity index (χ0) is 13.3. The van der Waals surface area contributed by atoms with Gasteiger partial charge in [0.25, 0.3) is 0 Å². The average Bonchev–Trinajstić information content (AvgIpc) is 2.72. The summed E-state index contributed by atoms with van der Waals surface area (Å²) in [4.78, 5) is 15.0. The number of H-pyrrole nitrogens is 1. The van der Waals surface area contributed by atoms with Crippen molar-refractivity contribution in [3.63, 3.8) is 0 Å². The summed E-state index contributed by atoms with van der Waals surface area (Å²) in [6, 6.07) is 3.31. The number of fused-ring (bicyclic) bond motifs is 1. The van der Waals surface area contributed by atoms with E-state index in [9.17, 15) is 9.90 Å². The number of phenolic OH excluding ortho intramolecular Hbond substituents is 1. The molecule has 1 aromatic heterocycles. The first kappa shape index (κ1) is 12.4. The van der Waals surface area contributed by atoms with Crippen LogP contribution >= 0.6 is 0 Å². The molecule has 5 nitrogen and oxygen atoms in total. The normalized spacial score (nSPS) is 10.8. The van der Waals surface area contributed by atoms with E-state index < -0.39 is 5.97 Å². The highest BCUT2D eigenvalue weighted by molar-refractivity contribution is 6.07. The van der Waals surface area contributed by atoms with Crippen molar-refractivity contribution < 1.29 is 19.4 Å². The van der Waals surface area contributed by atoms with Crippen molar-refractivity contribution in [1.29, 1.82) is 0 Å². The number of methoxy groups -OCH3 is 2. The van der Waals surface area contributed by atoms with Gasteiger partial charge in [0, 0.05) is 23.6 Å². The first-order valence-corrected chi connectivity index (χ1v) is 5.50. The monoisotopic (exact) mass is 249 g/mol. The lowest BCUT2D eigenvalue weighted by atomic mass is 10.0. The molecule has 1 heterocycles. The molecule has 0 aliphatic heterocycles. The number of hydrogen-bond acceptors (Lipinski definition) is 4. The number of benzene rings is 1. The molecule has 2 aromatic rings. The first-order chi connectivity index (χ1) is 8.60. The number of ether oxygens (including phenoxy) is 2. The summed E-state index contributed by atoms with van der Waals surface area (Å²) in [6.07, 6.45) is 0. The Balaban J connectivity index is 2.78. The molecule has 0 saturated heterocycles. The van der Waals surface area contributed by atoms with E-state index in [1.807, 2.05) is 0 Å². The molecular weight excluding hydrogens is 234 g/mol. The average molecular weight is 249 g/mol. The minimum atomic E-state index is -0.443. The van der Waals surface area contributed by atoms with Gasteiger partial charge in [-0.15, -0.1) is 0 Å². The predicted molar refractivity (Wildman–Crippen MR) is 66.8 cm³/mol. The first-order valence-electron chi connectivity index (χ1n) is 5.50. The Morgan fingerprint density at radius 3 is 2.72 bits per heavy atom. The van der Waals surface area contributed by atoms with E-state index in [4.69, 9.17) is 9.47 Å². The fourth-order valence-corrected chi connectivity index (χ4v) is 2.08. The Bertz CT molecular complexity index is 601. The van der Waals surface area contributed by atoms with Crippen LogP contribution < -0.4 is 0 Å². The van der Waals surface area contributed by atoms with Crippen molar-refractivity contribution in [2.45, 2.75) is 13.5 Å². The van der Waals surface area contributed by atoms with E-state index >= 15 is 0 Å². The Morgan fingerprint density at radius 2 is 2.11 bits per heavy atom. The van der Waals surface area contributed by atoms with Crippen LogP contribution in [0.15, 0.2) is 12.1 Å². The van der Waals surface area contributed by atoms with E-state index in [2.05, 4.69) is 4.98 Å². The van der Waals surface area contributed by atoms with Gasteiger partial charge in [0.2, 0.25) is 0 Å². The molecule has 0 unspecified atom stereocenters. The maximum Gasteiger partial charge on any atom is 0.340 e. The molecule has 0 aliphatic rings. The third-order valence-electron chi connectivity index (χ3n) is 2.95. The molecule has 0 aliphatic carbocycles. The van der Waals surface area contributed by atoms with Crippen molar-refractivity contribution in [3.8, 4) is 5.75 Å². The molecule has 0 atom stereocenters. The second-order valence-electron chi connectivity index (χ2n) is 4.04. The van der Waals surface area contributed by atoms with Crippen LogP contribution in [0.25, 0.3) is 10.9 Å². The molecule has 0 spiro atoms. The molecule has 0 bridgehead atoms. The summed E-state index contributed by atoms with van der Waals surface area (Å²) >= 11 is 0. The minimum absolute atomic E-state index is 0.149. The zero-order valence-corrected chi connectivity index (χ0v) is 10.5. The molecule has 0 amide bonds. The van der Waals surface area contributed by atoms with Gasteiger partial charge in [-0.3, -0.25) is 0 Å². The lowest BCUT2D eigenvalue weighted by Gasteiger charge is -2.04. The van der Waals surface area contributed by atoms with E-state index in [0.717, 1.165) is 5.52 Å². The van der Waals surface area contributed by atoms with Gasteiger partial charge in [-0.2, -0.15) is 0 Å². The third kappa shape index (κ3) is 1.82. The smallest absolute Gasteiger partial charge is 0.340 e. The van der Waals surface area contributed by atoms with Gasteiger partial charge in [0.05, 0.1) is 25.0 Å². The van der Waals surface area contributed by atoms with Crippen LogP contribution in [-0.2, 0) is 16.1 Å². The van der Waals surface area contributed by atoms with Gasteiger partial charge >= 0.3 is 5.97 Å². The number of hydrogen-bond donors (Lipinski definition) is 2. The van der Waals surface area contributed by atoms with Gasteiger partial charge in [-0.1, -0.05) is 0 Å². The van der Waals surface area contributed by atoms with Crippen LogP contribution in [0.3, 0.4) is 0 Å². The lowest BCUT2D eigenvalue weighted by molar-refractivity contribution is 0.0598. The summed E-state index contributed by atoms with van der Waals surface area (Å²) < 4.78 is 9.85. The Labute approximate surface area is 104 Å². The second-order valence-corrected chi connectivity index (χ2v) is 4.04. The number of esters is 1. The molecule has 2 N–H and O–H groups in total. The Kier molecular flexibility index (Phi) is 3.25. The van der Waals surface area contributed by atoms with Gasteiger partial charge in [0.15, 0.2) is 0 Å². The summed E-state index contributed by atoms with van der Waals surface area (Å²) in [6.45, 7) is 2.04. The molecule has 2 rings (SSSR count). The topological polar surface area (TPSA) is 71.5 Å². The number of aromatic hydroxyl groups is 1. The Hall–Kier alpha value is -2.01. The highest BCUT2D eigenvalue weighted by Gasteiger charge is 2.21. The fourth-order valence-electron chi connectivity index (χ4n) is 2.08. The molecule has 96 valence electrons. The van der Waals surface area contributed by atoms with Gasteiger partial charge in [-0.05, 0) is 19.1 Å². The van der Waals surface area contributed by atoms with E-state index in [-0.39, 0.29) is 12.4 Å². The second kappa shape index (κ2) is 4.70. The fraction of sp³-hybridized carbons (Fsp3) is 0.308. The van der Waals surface area contributed by atoms with Crippen LogP contribution in [0.4, 0.5) is 0 Å². The van der Waals surface area contributed by atoms with Crippen LogP contribution in [0, 0.1) is 6.92 Å². The molecule has 5 heteroatoms. The predicted octanol–water partition coefficient (Wildman–Crippen LogP) is 2.11. The Morgan fingerprint density at radius 1 is 1.39 bits per heavy atom. The number of carbonyl (C=O) groups is 1. The molecule has 0 radical (unpaired) electrons. The number of carbonyl (C=O) groups excluding carboxylic acids is 1. The molecule has 1 aromatic carbocycles. The summed E-state index contributed by atoms with van der Waals surface area (Å²) in [7, 11) is 2.88. The van der Waals surface area contributed by atoms with Crippen LogP contribution in [0.1, 0.15) is 21.6 Å². The largest absolute Gasteiger partial charge is 0.508 e. The molecule has 18 heavy (non-hydrogen) atoms. The summed E-state index contributed by atoms with van der Waals surface area (Å²) in [5.41, 5.74) is 2.49. The van der Waals surface area contributed by atoms with E-state index in [1.165, 1.54) is 7.11 Å². The van der Waals surface area contributed by atoms with Crippen LogP contribution in [0.5, 0.6) is 5.75 Å². The number of nitrogens with one attached hydrogen (secondary N) is 1. The number of aromatic amines is 1. The van der Waals surface area contributed by atoms with Gasteiger partial charge in [0.1, 0.15) is 5.75 Å². The van der Waals surface area contributed by atoms with Crippen molar-refractivity contribution in [2.75, 3.05) is 14.2 Å². The standard InChI is InChI=1S/C13H15NO4/c1-7-10(15)5-4-8-11(7)12(13(16)18-3)9(14-8)6-17-2/h4-5,14-15H,6H2,1-3H3. The summed E-state index contributed by atoms with van der Waals surface area (Å²) in [5.74, 6) is -0.294. The lowest BCUT2D eigenvalue weighted by Crippen LogP contribution is -2.05. The highest BCUT2D eigenvalue weighted by Crippen LogP contribution is 2.31. The van der Waals surface area contributed by atoms with Gasteiger partial charge < -0.3 is 19.6 Å². The van der Waals surface area contributed by atoms with Crippen LogP contribution in [0.2, 0.25) is 0 Å². The number of phenols is 1. The van der Waals surface area contributed by atoms with Crippen molar-refractivity contribution >= 4 is 16.9 Å². The number of rotatable bonds is 3.